The highest BCUT2D eigenvalue weighted by atomic mass is 32.1. The molecule has 4 nitrogen and oxygen atoms in total. The number of hydrogen-bond donors (Lipinski definition) is 1. The minimum absolute atomic E-state index is 0.0759. The second kappa shape index (κ2) is 4.82. The van der Waals surface area contributed by atoms with Crippen molar-refractivity contribution in [3.05, 3.63) is 22.7 Å². The largest absolute Gasteiger partial charge is 0.338 e. The topological polar surface area (TPSA) is 51.0 Å². The molecule has 3 rings (SSSR count). The van der Waals surface area contributed by atoms with Crippen molar-refractivity contribution in [2.45, 2.75) is 31.6 Å². The van der Waals surface area contributed by atoms with Crippen molar-refractivity contribution in [1.29, 1.82) is 0 Å². The number of nitrogens with zero attached hydrogens (tertiary/aromatic N) is 2. The van der Waals surface area contributed by atoms with E-state index >= 15 is 0 Å². The zero-order valence-electron chi connectivity index (χ0n) is 10.5. The van der Waals surface area contributed by atoms with Crippen LogP contribution in [0.1, 0.15) is 32.1 Å². The van der Waals surface area contributed by atoms with Crippen molar-refractivity contribution in [3.63, 3.8) is 0 Å². The molecule has 2 aromatic heterocycles. The summed E-state index contributed by atoms with van der Waals surface area (Å²) in [6.07, 6.45) is 3.21. The Labute approximate surface area is 110 Å². The molecule has 96 valence electrons. The van der Waals surface area contributed by atoms with E-state index in [0.717, 1.165) is 49.6 Å². The second-order valence-corrected chi connectivity index (χ2v) is 5.60. The summed E-state index contributed by atoms with van der Waals surface area (Å²) >= 11 is 1.65. The van der Waals surface area contributed by atoms with Crippen molar-refractivity contribution >= 4 is 11.3 Å². The van der Waals surface area contributed by atoms with E-state index in [-0.39, 0.29) is 5.41 Å². The Hall–Kier alpha value is -1.20. The maximum atomic E-state index is 5.54. The molecule has 1 fully saturated rings. The molecule has 0 saturated carbocycles. The summed E-state index contributed by atoms with van der Waals surface area (Å²) in [4.78, 5) is 4.62. The molecule has 1 saturated heterocycles. The van der Waals surface area contributed by atoms with E-state index in [4.69, 9.17) is 4.52 Å². The molecule has 0 radical (unpaired) electrons. The predicted octanol–water partition coefficient (Wildman–Crippen LogP) is 2.83. The van der Waals surface area contributed by atoms with Crippen LogP contribution in [0.25, 0.3) is 11.4 Å². The van der Waals surface area contributed by atoms with E-state index in [1.165, 1.54) is 0 Å². The molecule has 1 N–H and O–H groups in total. The van der Waals surface area contributed by atoms with Crippen LogP contribution in [0.15, 0.2) is 21.3 Å². The molecule has 0 spiro atoms. The first kappa shape index (κ1) is 11.9. The van der Waals surface area contributed by atoms with Crippen LogP contribution < -0.4 is 5.32 Å². The molecule has 0 bridgehead atoms. The minimum Gasteiger partial charge on any atom is -0.338 e. The van der Waals surface area contributed by atoms with Gasteiger partial charge in [-0.1, -0.05) is 12.1 Å². The number of nitrogens with one attached hydrogen (secondary N) is 1. The van der Waals surface area contributed by atoms with Crippen LogP contribution in [0.4, 0.5) is 0 Å². The van der Waals surface area contributed by atoms with Gasteiger partial charge in [0.2, 0.25) is 11.7 Å². The van der Waals surface area contributed by atoms with Gasteiger partial charge >= 0.3 is 0 Å². The van der Waals surface area contributed by atoms with Gasteiger partial charge in [0.15, 0.2) is 0 Å². The van der Waals surface area contributed by atoms with E-state index in [9.17, 15) is 0 Å². The summed E-state index contributed by atoms with van der Waals surface area (Å²) < 4.78 is 5.54. The summed E-state index contributed by atoms with van der Waals surface area (Å²) in [5.74, 6) is 1.53. The Bertz CT molecular complexity index is 500. The number of aromatic nitrogens is 2. The van der Waals surface area contributed by atoms with E-state index in [1.807, 2.05) is 11.4 Å². The molecular weight excluding hydrogens is 246 g/mol. The maximum Gasteiger partial charge on any atom is 0.233 e. The van der Waals surface area contributed by atoms with Crippen LogP contribution in [0.3, 0.4) is 0 Å². The molecule has 5 heteroatoms. The molecule has 0 unspecified atom stereocenters. The average molecular weight is 263 g/mol. The molecule has 3 heterocycles. The fourth-order valence-electron chi connectivity index (χ4n) is 2.57. The van der Waals surface area contributed by atoms with Gasteiger partial charge in [0.25, 0.3) is 0 Å². The Morgan fingerprint density at radius 2 is 2.28 bits per heavy atom. The van der Waals surface area contributed by atoms with Crippen LogP contribution in [-0.4, -0.2) is 23.2 Å². The summed E-state index contributed by atoms with van der Waals surface area (Å²) in [6, 6.07) is 2.03. The molecule has 18 heavy (non-hydrogen) atoms. The van der Waals surface area contributed by atoms with E-state index < -0.39 is 0 Å². The number of piperidine rings is 1. The molecule has 1 aliphatic heterocycles. The van der Waals surface area contributed by atoms with Crippen LogP contribution in [0.5, 0.6) is 0 Å². The minimum atomic E-state index is 0.0759. The van der Waals surface area contributed by atoms with Crippen LogP contribution >= 0.6 is 11.3 Å². The van der Waals surface area contributed by atoms with Gasteiger partial charge in [-0.05, 0) is 43.8 Å². The lowest BCUT2D eigenvalue weighted by molar-refractivity contribution is 0.216. The van der Waals surface area contributed by atoms with Crippen molar-refractivity contribution in [2.24, 2.45) is 0 Å². The first-order valence-electron chi connectivity index (χ1n) is 6.41. The molecule has 2 aromatic rings. The van der Waals surface area contributed by atoms with Gasteiger partial charge in [-0.15, -0.1) is 0 Å². The van der Waals surface area contributed by atoms with Crippen LogP contribution in [0.2, 0.25) is 0 Å². The molecule has 0 aromatic carbocycles. The predicted molar refractivity (Wildman–Crippen MR) is 71.7 cm³/mol. The Kier molecular flexibility index (Phi) is 3.18. The molecule has 1 aliphatic rings. The Balaban J connectivity index is 1.92. The molecular formula is C13H17N3OS. The third-order valence-electron chi connectivity index (χ3n) is 3.90. The summed E-state index contributed by atoms with van der Waals surface area (Å²) in [6.45, 7) is 4.27. The van der Waals surface area contributed by atoms with Gasteiger partial charge in [0, 0.05) is 10.9 Å². The molecule has 0 aliphatic carbocycles. The summed E-state index contributed by atoms with van der Waals surface area (Å²) in [5, 5.41) is 11.6. The van der Waals surface area contributed by atoms with Gasteiger partial charge in [0.05, 0.1) is 5.41 Å². The fourth-order valence-corrected chi connectivity index (χ4v) is 3.21. The second-order valence-electron chi connectivity index (χ2n) is 4.82. The first-order chi connectivity index (χ1) is 8.84. The van der Waals surface area contributed by atoms with Crippen LogP contribution in [-0.2, 0) is 5.41 Å². The van der Waals surface area contributed by atoms with Crippen LogP contribution in [0, 0.1) is 0 Å². The monoisotopic (exact) mass is 263 g/mol. The number of hydrogen-bond acceptors (Lipinski definition) is 5. The van der Waals surface area contributed by atoms with Crippen molar-refractivity contribution in [1.82, 2.24) is 15.5 Å². The van der Waals surface area contributed by atoms with Gasteiger partial charge in [0.1, 0.15) is 0 Å². The van der Waals surface area contributed by atoms with Gasteiger partial charge in [-0.2, -0.15) is 16.3 Å². The van der Waals surface area contributed by atoms with Crippen molar-refractivity contribution in [3.8, 4) is 11.4 Å². The number of rotatable bonds is 3. The fraction of sp³-hybridized carbons (Fsp3) is 0.538. The van der Waals surface area contributed by atoms with E-state index in [1.54, 1.807) is 11.3 Å². The lowest BCUT2D eigenvalue weighted by Crippen LogP contribution is -2.39. The first-order valence-corrected chi connectivity index (χ1v) is 7.36. The standard InChI is InChI=1S/C13H17N3OS/c1-2-13(4-6-14-7-5-13)12-15-11(16-17-12)10-3-8-18-9-10/h3,8-9,14H,2,4-7H2,1H3. The lowest BCUT2D eigenvalue weighted by Gasteiger charge is -2.33. The highest BCUT2D eigenvalue weighted by Gasteiger charge is 2.37. The molecule has 0 atom stereocenters. The summed E-state index contributed by atoms with van der Waals surface area (Å²) in [5.41, 5.74) is 1.13. The number of thiophene rings is 1. The third kappa shape index (κ3) is 1.97. The maximum absolute atomic E-state index is 5.54. The quantitative estimate of drug-likeness (QED) is 0.925. The normalized spacial score (nSPS) is 18.9. The lowest BCUT2D eigenvalue weighted by atomic mass is 9.76. The third-order valence-corrected chi connectivity index (χ3v) is 4.58. The smallest absolute Gasteiger partial charge is 0.233 e. The molecule has 0 amide bonds. The van der Waals surface area contributed by atoms with Crippen molar-refractivity contribution < 1.29 is 4.52 Å². The van der Waals surface area contributed by atoms with Gasteiger partial charge in [-0.25, -0.2) is 0 Å². The van der Waals surface area contributed by atoms with E-state index in [0.29, 0.717) is 0 Å². The highest BCUT2D eigenvalue weighted by molar-refractivity contribution is 7.08. The average Bonchev–Trinajstić information content (AvgIpc) is 3.10. The van der Waals surface area contributed by atoms with E-state index in [2.05, 4.69) is 27.8 Å². The SMILES string of the molecule is CCC1(c2nc(-c3ccsc3)no2)CCNCC1. The Morgan fingerprint density at radius 3 is 2.94 bits per heavy atom. The van der Waals surface area contributed by atoms with Gasteiger partial charge in [-0.3, -0.25) is 0 Å². The zero-order valence-corrected chi connectivity index (χ0v) is 11.3. The zero-order chi connectivity index (χ0) is 12.4. The summed E-state index contributed by atoms with van der Waals surface area (Å²) in [7, 11) is 0. The highest BCUT2D eigenvalue weighted by Crippen LogP contribution is 2.36. The Morgan fingerprint density at radius 1 is 1.44 bits per heavy atom. The van der Waals surface area contributed by atoms with Gasteiger partial charge < -0.3 is 9.84 Å². The van der Waals surface area contributed by atoms with Crippen molar-refractivity contribution in [2.75, 3.05) is 13.1 Å².